The Kier molecular flexibility index (Phi) is 4.90. The molecule has 21 heavy (non-hydrogen) atoms. The molecule has 0 saturated heterocycles. The van der Waals surface area contributed by atoms with E-state index in [1.807, 2.05) is 0 Å². The molecule has 6 heteroatoms. The number of nitrogens with one attached hydrogen (secondary N) is 1. The van der Waals surface area contributed by atoms with Crippen LogP contribution < -0.4 is 10.1 Å². The molecule has 3 nitrogen and oxygen atoms in total. The van der Waals surface area contributed by atoms with E-state index in [2.05, 4.69) is 21.2 Å². The predicted octanol–water partition coefficient (Wildman–Crippen LogP) is 4.38. The van der Waals surface area contributed by atoms with Crippen LogP contribution in [0.15, 0.2) is 40.9 Å². The molecule has 0 bridgehead atoms. The lowest BCUT2D eigenvalue weighted by molar-refractivity contribution is 0.102. The van der Waals surface area contributed by atoms with Gasteiger partial charge in [-0.3, -0.25) is 4.79 Å². The Morgan fingerprint density at radius 2 is 2.00 bits per heavy atom. The van der Waals surface area contributed by atoms with Gasteiger partial charge in [0, 0.05) is 11.6 Å². The molecule has 0 aliphatic heterocycles. The fourth-order valence-corrected chi connectivity index (χ4v) is 1.95. The maximum absolute atomic E-state index is 13.4. The van der Waals surface area contributed by atoms with E-state index in [4.69, 9.17) is 4.74 Å². The molecule has 2 aromatic rings. The van der Waals surface area contributed by atoms with E-state index in [9.17, 15) is 13.6 Å². The molecule has 0 atom stereocenters. The highest BCUT2D eigenvalue weighted by atomic mass is 79.9. The molecule has 0 aliphatic rings. The fraction of sp³-hybridized carbons (Fsp3) is 0.133. The Morgan fingerprint density at radius 1 is 1.24 bits per heavy atom. The number of carbonyl (C=O) groups excluding carboxylic acids is 1. The van der Waals surface area contributed by atoms with Crippen LogP contribution >= 0.6 is 15.9 Å². The summed E-state index contributed by atoms with van der Waals surface area (Å²) < 4.78 is 32.1. The van der Waals surface area contributed by atoms with Crippen LogP contribution in [0.1, 0.15) is 17.3 Å². The minimum Gasteiger partial charge on any atom is -0.492 e. The molecular weight excluding hydrogens is 344 g/mol. The molecule has 0 aliphatic carbocycles. The second-order valence-corrected chi connectivity index (χ2v) is 5.01. The van der Waals surface area contributed by atoms with Crippen molar-refractivity contribution in [2.45, 2.75) is 6.92 Å². The van der Waals surface area contributed by atoms with Gasteiger partial charge in [-0.15, -0.1) is 0 Å². The van der Waals surface area contributed by atoms with E-state index in [0.717, 1.165) is 6.07 Å². The number of halogens is 3. The van der Waals surface area contributed by atoms with Crippen LogP contribution in [0.4, 0.5) is 14.5 Å². The Labute approximate surface area is 129 Å². The van der Waals surface area contributed by atoms with Crippen molar-refractivity contribution < 1.29 is 18.3 Å². The zero-order valence-corrected chi connectivity index (χ0v) is 12.7. The average molecular weight is 356 g/mol. The Hall–Kier alpha value is -1.95. The Morgan fingerprint density at radius 3 is 2.67 bits per heavy atom. The van der Waals surface area contributed by atoms with Gasteiger partial charge in [0.1, 0.15) is 17.4 Å². The van der Waals surface area contributed by atoms with Crippen molar-refractivity contribution in [3.8, 4) is 5.75 Å². The number of anilines is 1. The third-order valence-corrected chi connectivity index (χ3v) is 3.32. The normalized spacial score (nSPS) is 10.3. The van der Waals surface area contributed by atoms with Gasteiger partial charge in [-0.05, 0) is 53.2 Å². The van der Waals surface area contributed by atoms with Crippen molar-refractivity contribution >= 4 is 27.5 Å². The van der Waals surface area contributed by atoms with Crippen molar-refractivity contribution in [3.05, 3.63) is 58.1 Å². The maximum atomic E-state index is 13.4. The molecule has 0 radical (unpaired) electrons. The molecule has 1 amide bonds. The van der Waals surface area contributed by atoms with Gasteiger partial charge in [0.2, 0.25) is 0 Å². The van der Waals surface area contributed by atoms with Gasteiger partial charge in [-0.2, -0.15) is 0 Å². The second kappa shape index (κ2) is 6.67. The molecule has 0 spiro atoms. The van der Waals surface area contributed by atoms with Crippen LogP contribution in [-0.4, -0.2) is 12.5 Å². The minimum atomic E-state index is -0.535. The molecule has 110 valence electrons. The van der Waals surface area contributed by atoms with Crippen molar-refractivity contribution in [1.82, 2.24) is 0 Å². The number of carbonyl (C=O) groups is 1. The first-order valence-electron chi connectivity index (χ1n) is 6.20. The zero-order chi connectivity index (χ0) is 15.4. The highest BCUT2D eigenvalue weighted by Crippen LogP contribution is 2.26. The largest absolute Gasteiger partial charge is 0.492 e. The van der Waals surface area contributed by atoms with Crippen molar-refractivity contribution in [1.29, 1.82) is 0 Å². The maximum Gasteiger partial charge on any atom is 0.255 e. The molecule has 1 N–H and O–H groups in total. The minimum absolute atomic E-state index is 0.155. The van der Waals surface area contributed by atoms with E-state index in [-0.39, 0.29) is 15.8 Å². The smallest absolute Gasteiger partial charge is 0.255 e. The average Bonchev–Trinajstić information content (AvgIpc) is 2.45. The summed E-state index contributed by atoms with van der Waals surface area (Å²) in [6.07, 6.45) is 0. The summed E-state index contributed by atoms with van der Waals surface area (Å²) in [5.41, 5.74) is 0.481. The van der Waals surface area contributed by atoms with Gasteiger partial charge in [0.25, 0.3) is 5.91 Å². The third-order valence-electron chi connectivity index (χ3n) is 2.67. The topological polar surface area (TPSA) is 38.3 Å². The van der Waals surface area contributed by atoms with E-state index < -0.39 is 17.5 Å². The van der Waals surface area contributed by atoms with Gasteiger partial charge in [-0.25, -0.2) is 8.78 Å². The lowest BCUT2D eigenvalue weighted by Gasteiger charge is -2.11. The molecule has 0 unspecified atom stereocenters. The lowest BCUT2D eigenvalue weighted by atomic mass is 10.2. The zero-order valence-electron chi connectivity index (χ0n) is 11.1. The molecule has 0 fully saturated rings. The van der Waals surface area contributed by atoms with Gasteiger partial charge in [0.05, 0.1) is 16.8 Å². The molecule has 0 aromatic heterocycles. The summed E-state index contributed by atoms with van der Waals surface area (Å²) in [4.78, 5) is 12.1. The van der Waals surface area contributed by atoms with E-state index in [1.165, 1.54) is 30.3 Å². The van der Waals surface area contributed by atoms with Crippen molar-refractivity contribution in [3.63, 3.8) is 0 Å². The van der Waals surface area contributed by atoms with Gasteiger partial charge < -0.3 is 10.1 Å². The van der Waals surface area contributed by atoms with Crippen molar-refractivity contribution in [2.24, 2.45) is 0 Å². The summed E-state index contributed by atoms with van der Waals surface area (Å²) in [7, 11) is 0. The summed E-state index contributed by atoms with van der Waals surface area (Å²) in [5.74, 6) is -1.28. The molecule has 0 saturated carbocycles. The van der Waals surface area contributed by atoms with Gasteiger partial charge in [-0.1, -0.05) is 0 Å². The molecule has 2 aromatic carbocycles. The van der Waals surface area contributed by atoms with Crippen LogP contribution in [0.3, 0.4) is 0 Å². The van der Waals surface area contributed by atoms with E-state index >= 15 is 0 Å². The molecule has 0 heterocycles. The van der Waals surface area contributed by atoms with Crippen LogP contribution in [0.2, 0.25) is 0 Å². The molecular formula is C15H12BrF2NO2. The highest BCUT2D eigenvalue weighted by Gasteiger charge is 2.12. The predicted molar refractivity (Wildman–Crippen MR) is 79.6 cm³/mol. The van der Waals surface area contributed by atoms with Crippen LogP contribution in [0.5, 0.6) is 5.75 Å². The number of amides is 1. The lowest BCUT2D eigenvalue weighted by Crippen LogP contribution is -2.13. The number of hydrogen-bond donors (Lipinski definition) is 1. The summed E-state index contributed by atoms with van der Waals surface area (Å²) in [5, 5.41) is 2.57. The summed E-state index contributed by atoms with van der Waals surface area (Å²) in [6, 6.07) is 7.82. The summed E-state index contributed by atoms with van der Waals surface area (Å²) >= 11 is 3.02. The highest BCUT2D eigenvalue weighted by molar-refractivity contribution is 9.10. The number of ether oxygens (including phenoxy) is 1. The number of rotatable bonds is 4. The van der Waals surface area contributed by atoms with Crippen LogP contribution in [0.25, 0.3) is 0 Å². The van der Waals surface area contributed by atoms with Gasteiger partial charge in [0.15, 0.2) is 0 Å². The van der Waals surface area contributed by atoms with E-state index in [1.54, 1.807) is 6.92 Å². The Bertz CT molecular complexity index is 677. The molecule has 2 rings (SSSR count). The van der Waals surface area contributed by atoms with Crippen LogP contribution in [-0.2, 0) is 0 Å². The SMILES string of the molecule is CCOc1cc(F)ccc1NC(=O)c1ccc(Br)c(F)c1. The fourth-order valence-electron chi connectivity index (χ4n) is 1.71. The van der Waals surface area contributed by atoms with Crippen LogP contribution in [0, 0.1) is 11.6 Å². The first-order valence-corrected chi connectivity index (χ1v) is 6.99. The monoisotopic (exact) mass is 355 g/mol. The standard InChI is InChI=1S/C15H12BrF2NO2/c1-2-21-14-8-10(17)4-6-13(14)19-15(20)9-3-5-11(16)12(18)7-9/h3-8H,2H2,1H3,(H,19,20). The van der Waals surface area contributed by atoms with Crippen molar-refractivity contribution in [2.75, 3.05) is 11.9 Å². The van der Waals surface area contributed by atoms with E-state index in [0.29, 0.717) is 12.3 Å². The summed E-state index contributed by atoms with van der Waals surface area (Å²) in [6.45, 7) is 2.08. The third kappa shape index (κ3) is 3.78. The number of benzene rings is 2. The quantitative estimate of drug-likeness (QED) is 0.883. The van der Waals surface area contributed by atoms with Gasteiger partial charge >= 0.3 is 0 Å². The second-order valence-electron chi connectivity index (χ2n) is 4.16. The Balaban J connectivity index is 2.24. The first kappa shape index (κ1) is 15.4. The first-order chi connectivity index (χ1) is 10.0. The number of hydrogen-bond acceptors (Lipinski definition) is 2.